The lowest BCUT2D eigenvalue weighted by Crippen LogP contribution is -2.59. The first-order valence-electron chi connectivity index (χ1n) is 22.4. The Kier molecular flexibility index (Phi) is 13.8. The van der Waals surface area contributed by atoms with Crippen LogP contribution in [0.15, 0.2) is 53.9 Å². The van der Waals surface area contributed by atoms with E-state index < -0.39 is 74.8 Å². The van der Waals surface area contributed by atoms with Crippen molar-refractivity contribution < 1.29 is 41.8 Å². The molecular formula is C45H58N6O9S2. The molecule has 62 heavy (non-hydrogen) atoms. The van der Waals surface area contributed by atoms with Gasteiger partial charge in [-0.2, -0.15) is 0 Å². The highest BCUT2D eigenvalue weighted by Crippen LogP contribution is 2.47. The zero-order chi connectivity index (χ0) is 43.3. The first-order chi connectivity index (χ1) is 30.1. The molecule has 0 bridgehead atoms. The van der Waals surface area contributed by atoms with Crippen molar-refractivity contribution in [1.29, 1.82) is 0 Å². The van der Waals surface area contributed by atoms with Crippen molar-refractivity contribution in [1.82, 2.24) is 30.2 Å². The van der Waals surface area contributed by atoms with Crippen LogP contribution in [0, 0.1) is 5.92 Å². The van der Waals surface area contributed by atoms with Gasteiger partial charge in [-0.05, 0) is 101 Å². The standard InChI is InChI=1S/C45H58N6O9S2/c1-58-25-13-5-8-21-35-37(60-41-39(38-22-14-26-61-38)46-32-18-11-12-19-33(32)47-41)27-36-40(52)49-45(43(54)50-62(56,57)31-23-24-31)28-29(45)15-6-3-2-4-7-20-34(42(53)51(35)36)48-44(55)59-30-16-9-10-17-30/h6,11-12,14-15,18-19,22,26,29-31,34-37H,2-5,7-10,13,16-17,20-21,23-25,27-28H2,1H3,(H,48,55)(H,49,52)(H,50,54)/b15-6-/t29?,34?,35-,36?,37+,45?/m0/s1. The Bertz CT molecular complexity index is 2230. The third-order valence-electron chi connectivity index (χ3n) is 12.9. The van der Waals surface area contributed by atoms with Gasteiger partial charge < -0.3 is 29.7 Å². The summed E-state index contributed by atoms with van der Waals surface area (Å²) in [6, 6.07) is 8.55. The number of ether oxygens (including phenoxy) is 3. The van der Waals surface area contributed by atoms with Crippen LogP contribution in [-0.2, 0) is 33.9 Å². The van der Waals surface area contributed by atoms with Crippen LogP contribution in [0.5, 0.6) is 5.88 Å². The fourth-order valence-electron chi connectivity index (χ4n) is 9.25. The topological polar surface area (TPSA) is 195 Å². The van der Waals surface area contributed by atoms with Crippen molar-refractivity contribution in [2.45, 2.75) is 150 Å². The third-order valence-corrected chi connectivity index (χ3v) is 15.6. The quantitative estimate of drug-likeness (QED) is 0.121. The summed E-state index contributed by atoms with van der Waals surface area (Å²) < 4.78 is 46.5. The van der Waals surface area contributed by atoms with E-state index in [1.54, 1.807) is 12.0 Å². The number of unbranched alkanes of at least 4 members (excludes halogenated alkanes) is 2. The number of amides is 4. The van der Waals surface area contributed by atoms with E-state index in [-0.39, 0.29) is 24.8 Å². The number of fused-ring (bicyclic) bond motifs is 3. The van der Waals surface area contributed by atoms with E-state index in [0.717, 1.165) is 56.2 Å². The van der Waals surface area contributed by atoms with Crippen LogP contribution in [-0.4, -0.2) is 102 Å². The van der Waals surface area contributed by atoms with Gasteiger partial charge in [0.15, 0.2) is 0 Å². The molecular weight excluding hydrogens is 833 g/mol. The zero-order valence-corrected chi connectivity index (χ0v) is 36.9. The van der Waals surface area contributed by atoms with Gasteiger partial charge in [0, 0.05) is 26.1 Å². The second-order valence-corrected chi connectivity index (χ2v) is 20.3. The van der Waals surface area contributed by atoms with E-state index in [9.17, 15) is 18.0 Å². The molecule has 2 aromatic heterocycles. The molecule has 8 rings (SSSR count). The Hall–Kier alpha value is -4.61. The Balaban J connectivity index is 1.17. The Morgan fingerprint density at radius 2 is 1.73 bits per heavy atom. The maximum atomic E-state index is 15.3. The molecule has 4 fully saturated rings. The highest BCUT2D eigenvalue weighted by molar-refractivity contribution is 7.91. The molecule has 334 valence electrons. The average molecular weight is 891 g/mol. The minimum Gasteiger partial charge on any atom is -0.470 e. The molecule has 1 saturated heterocycles. The monoisotopic (exact) mass is 890 g/mol. The summed E-state index contributed by atoms with van der Waals surface area (Å²) in [4.78, 5) is 70.2. The molecule has 3 aromatic rings. The van der Waals surface area contributed by atoms with Crippen molar-refractivity contribution in [3.05, 3.63) is 53.9 Å². The number of thiophene rings is 1. The van der Waals surface area contributed by atoms with Gasteiger partial charge in [-0.15, -0.1) is 11.3 Å². The summed E-state index contributed by atoms with van der Waals surface area (Å²) in [5.74, 6) is -2.01. The molecule has 4 unspecified atom stereocenters. The first kappa shape index (κ1) is 44.0. The summed E-state index contributed by atoms with van der Waals surface area (Å²) in [6.07, 6.45) is 12.8. The number of hydrogen-bond donors (Lipinski definition) is 3. The molecule has 5 aliphatic rings. The summed E-state index contributed by atoms with van der Waals surface area (Å²) in [7, 11) is -2.27. The number of methoxy groups -OCH3 is 1. The Morgan fingerprint density at radius 1 is 0.952 bits per heavy atom. The van der Waals surface area contributed by atoms with E-state index in [1.807, 2.05) is 53.9 Å². The van der Waals surface area contributed by atoms with E-state index in [2.05, 4.69) is 15.4 Å². The molecule has 0 radical (unpaired) electrons. The minimum atomic E-state index is -3.92. The number of benzene rings is 1. The number of carbonyl (C=O) groups excluding carboxylic acids is 4. The van der Waals surface area contributed by atoms with Gasteiger partial charge in [0.1, 0.15) is 35.5 Å². The SMILES string of the molecule is COCCCCC[C@H]1[C@H](Oc2nc3ccccc3nc2-c2cccs2)CC2C(=O)NC3(C(=O)NS(=O)(=O)C4CC4)CC3/C=C\CCCCCC(NC(=O)OC3CCCC3)C(=O)N21. The molecule has 4 amide bonds. The smallest absolute Gasteiger partial charge is 0.408 e. The number of carbonyl (C=O) groups is 4. The van der Waals surface area contributed by atoms with Crippen LogP contribution >= 0.6 is 11.3 Å². The number of aromatic nitrogens is 2. The van der Waals surface area contributed by atoms with Crippen molar-refractivity contribution >= 4 is 56.2 Å². The molecule has 4 heterocycles. The fourth-order valence-corrected chi connectivity index (χ4v) is 11.3. The van der Waals surface area contributed by atoms with Crippen LogP contribution in [0.4, 0.5) is 4.79 Å². The second kappa shape index (κ2) is 19.4. The van der Waals surface area contributed by atoms with Gasteiger partial charge in [-0.3, -0.25) is 19.1 Å². The van der Waals surface area contributed by atoms with Crippen molar-refractivity contribution in [2.24, 2.45) is 5.92 Å². The van der Waals surface area contributed by atoms with Gasteiger partial charge in [-0.1, -0.05) is 56.0 Å². The van der Waals surface area contributed by atoms with E-state index in [0.29, 0.717) is 68.3 Å². The van der Waals surface area contributed by atoms with Gasteiger partial charge in [-0.25, -0.2) is 23.2 Å². The zero-order valence-electron chi connectivity index (χ0n) is 35.3. The van der Waals surface area contributed by atoms with Crippen LogP contribution in [0.3, 0.4) is 0 Å². The van der Waals surface area contributed by atoms with Gasteiger partial charge >= 0.3 is 6.09 Å². The number of alkyl carbamates (subject to hydrolysis) is 1. The molecule has 2 aliphatic heterocycles. The highest BCUT2D eigenvalue weighted by Gasteiger charge is 2.62. The second-order valence-electron chi connectivity index (χ2n) is 17.4. The third kappa shape index (κ3) is 10.1. The number of allylic oxidation sites excluding steroid dienone is 1. The Labute approximate surface area is 367 Å². The predicted molar refractivity (Wildman–Crippen MR) is 234 cm³/mol. The number of nitrogens with zero attached hydrogens (tertiary/aromatic N) is 3. The molecule has 3 saturated carbocycles. The van der Waals surface area contributed by atoms with Crippen molar-refractivity contribution in [3.63, 3.8) is 0 Å². The van der Waals surface area contributed by atoms with E-state index in [1.165, 1.54) is 11.3 Å². The number of para-hydroxylation sites is 2. The maximum Gasteiger partial charge on any atom is 0.408 e. The molecule has 17 heteroatoms. The first-order valence-corrected chi connectivity index (χ1v) is 24.8. The van der Waals surface area contributed by atoms with Gasteiger partial charge in [0.2, 0.25) is 27.7 Å². The summed E-state index contributed by atoms with van der Waals surface area (Å²) in [5, 5.41) is 7.21. The average Bonchev–Trinajstić information content (AvgIpc) is 4.02. The van der Waals surface area contributed by atoms with E-state index in [4.69, 9.17) is 24.2 Å². The normalized spacial score (nSPS) is 27.6. The van der Waals surface area contributed by atoms with Crippen LogP contribution in [0.25, 0.3) is 21.6 Å². The van der Waals surface area contributed by atoms with Gasteiger partial charge in [0.05, 0.1) is 27.2 Å². The van der Waals surface area contributed by atoms with Crippen molar-refractivity contribution in [3.8, 4) is 16.5 Å². The fraction of sp³-hybridized carbons (Fsp3) is 0.600. The highest BCUT2D eigenvalue weighted by atomic mass is 32.2. The molecule has 1 aromatic carbocycles. The number of rotatable bonds is 14. The molecule has 3 aliphatic carbocycles. The Morgan fingerprint density at radius 3 is 2.47 bits per heavy atom. The molecule has 15 nitrogen and oxygen atoms in total. The number of sulfonamides is 1. The van der Waals surface area contributed by atoms with Gasteiger partial charge in [0.25, 0.3) is 5.91 Å². The molecule has 0 spiro atoms. The lowest BCUT2D eigenvalue weighted by Gasteiger charge is -2.34. The summed E-state index contributed by atoms with van der Waals surface area (Å²) >= 11 is 1.49. The van der Waals surface area contributed by atoms with Crippen LogP contribution < -0.4 is 20.1 Å². The minimum absolute atomic E-state index is 0.0382. The lowest BCUT2D eigenvalue weighted by atomic mass is 10.0. The van der Waals surface area contributed by atoms with Crippen molar-refractivity contribution in [2.75, 3.05) is 13.7 Å². The number of nitrogens with one attached hydrogen (secondary N) is 3. The summed E-state index contributed by atoms with van der Waals surface area (Å²) in [6.45, 7) is 0.570. The maximum absolute atomic E-state index is 15.3. The van der Waals surface area contributed by atoms with Crippen LogP contribution in [0.2, 0.25) is 0 Å². The molecule has 3 N–H and O–H groups in total. The molecule has 6 atom stereocenters. The van der Waals surface area contributed by atoms with E-state index >= 15 is 9.59 Å². The largest absolute Gasteiger partial charge is 0.470 e. The van der Waals surface area contributed by atoms with Crippen LogP contribution in [0.1, 0.15) is 109 Å². The predicted octanol–water partition coefficient (Wildman–Crippen LogP) is 6.32. The number of hydrogen-bond acceptors (Lipinski definition) is 12. The lowest BCUT2D eigenvalue weighted by molar-refractivity contribution is -0.143. The summed E-state index contributed by atoms with van der Waals surface area (Å²) in [5.41, 5.74) is 0.308.